The number of aromatic carboxylic acids is 1. The molecule has 10 heteroatoms. The van der Waals surface area contributed by atoms with E-state index in [2.05, 4.69) is 10.6 Å². The number of nitrogens with two attached hydrogens (primary N) is 1. The molecule has 0 unspecified atom stereocenters. The monoisotopic (exact) mass is 615 g/mol. The van der Waals surface area contributed by atoms with Gasteiger partial charge in [0, 0.05) is 6.92 Å². The van der Waals surface area contributed by atoms with E-state index in [9.17, 15) is 19.5 Å². The number of hydrogen-bond acceptors (Lipinski definition) is 3. The Hall–Kier alpha value is -0.380. The van der Waals surface area contributed by atoms with Gasteiger partial charge in [-0.25, -0.2) is 9.59 Å². The molecular weight excluding hydrogens is 607 g/mol. The molecule has 0 spiro atoms. The summed E-state index contributed by atoms with van der Waals surface area (Å²) in [4.78, 5) is 33.6. The smallest absolute Gasteiger partial charge is 0.338 e. The quantitative estimate of drug-likeness (QED) is 0.391. The van der Waals surface area contributed by atoms with Gasteiger partial charge in [-0.1, -0.05) is 0 Å². The molecule has 5 N–H and O–H groups in total. The number of hydrogen-bond donors (Lipinski definition) is 4. The summed E-state index contributed by atoms with van der Waals surface area (Å²) in [5, 5.41) is 14.2. The minimum Gasteiger partial charge on any atom is -0.478 e. The van der Waals surface area contributed by atoms with E-state index in [4.69, 9.17) is 5.73 Å². The third kappa shape index (κ3) is 3.84. The third-order valence-electron chi connectivity index (χ3n) is 2.08. The number of carboxylic acid groups (broad SMARTS) is 1. The molecule has 3 amide bonds. The Morgan fingerprint density at radius 1 is 1.00 bits per heavy atom. The number of anilines is 2. The molecular formula is C10H8I3N3O4. The SMILES string of the molecule is CC(=O)Nc1c(I)c(NC(N)=O)c(I)c(C(=O)O)c1I. The number of amides is 3. The van der Waals surface area contributed by atoms with E-state index < -0.39 is 12.0 Å². The maximum atomic E-state index is 11.4. The Labute approximate surface area is 154 Å². The Morgan fingerprint density at radius 2 is 1.45 bits per heavy atom. The fraction of sp³-hybridized carbons (Fsp3) is 0.100. The standard InChI is InChI=1S/C10H8I3N3O4/c1-2(17)15-7-4(11)3(9(18)19)5(12)8(6(7)13)16-10(14)20/h1H3,(H,15,17)(H,18,19)(H3,14,16,20). The lowest BCUT2D eigenvalue weighted by Gasteiger charge is -2.17. The van der Waals surface area contributed by atoms with Crippen LogP contribution in [0.3, 0.4) is 0 Å². The van der Waals surface area contributed by atoms with Crippen molar-refractivity contribution in [1.82, 2.24) is 0 Å². The average Bonchev–Trinajstić information content (AvgIpc) is 2.29. The summed E-state index contributed by atoms with van der Waals surface area (Å²) < 4.78 is 1.24. The van der Waals surface area contributed by atoms with Gasteiger partial charge in [0.05, 0.1) is 27.6 Å². The molecule has 20 heavy (non-hydrogen) atoms. The van der Waals surface area contributed by atoms with E-state index in [0.29, 0.717) is 16.4 Å². The van der Waals surface area contributed by atoms with Gasteiger partial charge in [0.25, 0.3) is 0 Å². The van der Waals surface area contributed by atoms with Gasteiger partial charge in [-0.3, -0.25) is 4.79 Å². The van der Waals surface area contributed by atoms with Crippen molar-refractivity contribution in [3.05, 3.63) is 16.3 Å². The fourth-order valence-electron chi connectivity index (χ4n) is 1.37. The molecule has 0 heterocycles. The predicted octanol–water partition coefficient (Wildman–Crippen LogP) is 2.65. The van der Waals surface area contributed by atoms with Crippen LogP contribution < -0.4 is 16.4 Å². The topological polar surface area (TPSA) is 122 Å². The van der Waals surface area contributed by atoms with E-state index in [1.54, 1.807) is 0 Å². The van der Waals surface area contributed by atoms with Gasteiger partial charge >= 0.3 is 12.0 Å². The first-order valence-electron chi connectivity index (χ1n) is 4.94. The zero-order valence-corrected chi connectivity index (χ0v) is 16.4. The Kier molecular flexibility index (Phi) is 6.24. The van der Waals surface area contributed by atoms with Crippen LogP contribution in [0.25, 0.3) is 0 Å². The van der Waals surface area contributed by atoms with Crippen molar-refractivity contribution in [1.29, 1.82) is 0 Å². The predicted molar refractivity (Wildman–Crippen MR) is 99.1 cm³/mol. The number of primary amides is 1. The van der Waals surface area contributed by atoms with Crippen LogP contribution in [0.1, 0.15) is 17.3 Å². The highest BCUT2D eigenvalue weighted by molar-refractivity contribution is 14.1. The van der Waals surface area contributed by atoms with Gasteiger partial charge in [0.2, 0.25) is 5.91 Å². The minimum absolute atomic E-state index is 0.000819. The van der Waals surface area contributed by atoms with E-state index in [1.807, 2.05) is 67.8 Å². The average molecular weight is 615 g/mol. The zero-order chi connectivity index (χ0) is 15.6. The highest BCUT2D eigenvalue weighted by Gasteiger charge is 2.25. The summed E-state index contributed by atoms with van der Waals surface area (Å²) in [6, 6.07) is -0.813. The summed E-state index contributed by atoms with van der Waals surface area (Å²) >= 11 is 5.57. The number of benzene rings is 1. The zero-order valence-electron chi connectivity index (χ0n) is 9.88. The maximum Gasteiger partial charge on any atom is 0.338 e. The molecule has 0 aromatic heterocycles. The molecule has 0 atom stereocenters. The number of nitrogens with one attached hydrogen (secondary N) is 2. The second-order valence-electron chi connectivity index (χ2n) is 3.54. The van der Waals surface area contributed by atoms with E-state index in [-0.39, 0.29) is 17.2 Å². The van der Waals surface area contributed by atoms with Crippen molar-refractivity contribution in [2.45, 2.75) is 6.92 Å². The second-order valence-corrected chi connectivity index (χ2v) is 6.78. The van der Waals surface area contributed by atoms with E-state index >= 15 is 0 Å². The van der Waals surface area contributed by atoms with Gasteiger partial charge in [-0.2, -0.15) is 0 Å². The second kappa shape index (κ2) is 7.06. The van der Waals surface area contributed by atoms with Gasteiger partial charge in [-0.05, 0) is 67.8 Å². The van der Waals surface area contributed by atoms with Gasteiger partial charge in [0.1, 0.15) is 0 Å². The molecule has 1 rings (SSSR count). The number of rotatable bonds is 3. The molecule has 0 radical (unpaired) electrons. The highest BCUT2D eigenvalue weighted by atomic mass is 127. The first kappa shape index (κ1) is 17.7. The van der Waals surface area contributed by atoms with Gasteiger partial charge in [0.15, 0.2) is 0 Å². The number of halogens is 3. The minimum atomic E-state index is -1.16. The highest BCUT2D eigenvalue weighted by Crippen LogP contribution is 2.38. The lowest BCUT2D eigenvalue weighted by molar-refractivity contribution is -0.114. The number of carboxylic acids is 1. The Bertz CT molecular complexity index is 575. The largest absolute Gasteiger partial charge is 0.478 e. The van der Waals surface area contributed by atoms with Crippen LogP contribution in [0.15, 0.2) is 0 Å². The maximum absolute atomic E-state index is 11.4. The molecule has 0 fully saturated rings. The summed E-state index contributed by atoms with van der Waals surface area (Å²) in [5.41, 5.74) is 5.68. The van der Waals surface area contributed by atoms with Crippen LogP contribution in [-0.4, -0.2) is 23.0 Å². The molecule has 7 nitrogen and oxygen atoms in total. The van der Waals surface area contributed by atoms with E-state index in [1.165, 1.54) is 6.92 Å². The number of carbonyl (C=O) groups is 3. The molecule has 0 saturated carbocycles. The van der Waals surface area contributed by atoms with Crippen molar-refractivity contribution in [2.75, 3.05) is 10.6 Å². The first-order valence-corrected chi connectivity index (χ1v) is 8.18. The van der Waals surface area contributed by atoms with Crippen LogP contribution in [0, 0.1) is 10.7 Å². The normalized spacial score (nSPS) is 10.0. The van der Waals surface area contributed by atoms with Crippen LogP contribution in [0.5, 0.6) is 0 Å². The van der Waals surface area contributed by atoms with Crippen LogP contribution in [-0.2, 0) is 4.79 Å². The van der Waals surface area contributed by atoms with Crippen LogP contribution in [0.2, 0.25) is 0 Å². The number of urea groups is 1. The summed E-state index contributed by atoms with van der Waals surface area (Å²) in [6.07, 6.45) is 0. The number of carbonyl (C=O) groups excluding carboxylic acids is 2. The van der Waals surface area contributed by atoms with Crippen molar-refractivity contribution in [3.63, 3.8) is 0 Å². The molecule has 0 bridgehead atoms. The summed E-state index contributed by atoms with van der Waals surface area (Å²) in [5.74, 6) is -1.50. The molecule has 0 aliphatic rings. The fourth-order valence-corrected chi connectivity index (χ4v) is 5.54. The third-order valence-corrected chi connectivity index (χ3v) is 5.32. The van der Waals surface area contributed by atoms with Crippen molar-refractivity contribution >= 4 is 97.1 Å². The molecule has 0 aliphatic heterocycles. The molecule has 1 aromatic carbocycles. The van der Waals surface area contributed by atoms with Crippen molar-refractivity contribution < 1.29 is 19.5 Å². The molecule has 0 saturated heterocycles. The molecule has 108 valence electrons. The Morgan fingerprint density at radius 3 is 1.80 bits per heavy atom. The lowest BCUT2D eigenvalue weighted by Crippen LogP contribution is -2.23. The van der Waals surface area contributed by atoms with Gasteiger partial charge in [-0.15, -0.1) is 0 Å². The lowest BCUT2D eigenvalue weighted by atomic mass is 10.1. The van der Waals surface area contributed by atoms with Crippen LogP contribution in [0.4, 0.5) is 16.2 Å². The van der Waals surface area contributed by atoms with Crippen molar-refractivity contribution in [2.24, 2.45) is 5.73 Å². The summed E-state index contributed by atoms with van der Waals surface area (Å²) in [7, 11) is 0. The molecule has 0 aliphatic carbocycles. The van der Waals surface area contributed by atoms with E-state index in [0.717, 1.165) is 0 Å². The Balaban J connectivity index is 3.68. The van der Waals surface area contributed by atoms with Crippen LogP contribution >= 0.6 is 67.8 Å². The van der Waals surface area contributed by atoms with Crippen molar-refractivity contribution in [3.8, 4) is 0 Å². The summed E-state index contributed by atoms with van der Waals surface area (Å²) in [6.45, 7) is 1.31. The van der Waals surface area contributed by atoms with Gasteiger partial charge < -0.3 is 21.5 Å². The molecule has 1 aromatic rings. The first-order chi connectivity index (χ1) is 9.16.